The van der Waals surface area contributed by atoms with Gasteiger partial charge in [-0.05, 0) is 62.7 Å². The molecule has 116 valence electrons. The molecular formula is C19H18N2O2. The number of hydrogen-bond donors (Lipinski definition) is 1. The molecule has 23 heavy (non-hydrogen) atoms. The summed E-state index contributed by atoms with van der Waals surface area (Å²) in [5, 5.41) is 9.36. The highest BCUT2D eigenvalue weighted by atomic mass is 16.4. The maximum absolute atomic E-state index is 9.36. The lowest BCUT2D eigenvalue weighted by Gasteiger charge is -2.03. The number of hydrogen-bond acceptors (Lipinski definition) is 4. The Kier molecular flexibility index (Phi) is 3.98. The zero-order chi connectivity index (χ0) is 16.4. The van der Waals surface area contributed by atoms with Gasteiger partial charge in [0.15, 0.2) is 5.76 Å². The average Bonchev–Trinajstić information content (AvgIpc) is 2.99. The quantitative estimate of drug-likeness (QED) is 0.682. The third kappa shape index (κ3) is 3.31. The van der Waals surface area contributed by atoms with E-state index in [9.17, 15) is 5.11 Å². The topological polar surface area (TPSA) is 58.6 Å². The zero-order valence-corrected chi connectivity index (χ0v) is 13.4. The fraction of sp³-hybridized carbons (Fsp3) is 0.158. The van der Waals surface area contributed by atoms with Crippen molar-refractivity contribution in [3.8, 4) is 28.5 Å². The first-order valence-corrected chi connectivity index (χ1v) is 7.41. The van der Waals surface area contributed by atoms with Crippen LogP contribution in [0.15, 0.2) is 58.1 Å². The Morgan fingerprint density at radius 1 is 1.04 bits per heavy atom. The Bertz CT molecular complexity index is 857. The molecule has 0 aliphatic heterocycles. The summed E-state index contributed by atoms with van der Waals surface area (Å²) in [4.78, 5) is 8.90. The van der Waals surface area contributed by atoms with E-state index in [1.165, 1.54) is 0 Å². The molecule has 4 nitrogen and oxygen atoms in total. The molecular weight excluding hydrogens is 288 g/mol. The van der Waals surface area contributed by atoms with Crippen LogP contribution in [0.25, 0.3) is 22.8 Å². The smallest absolute Gasteiger partial charge is 0.226 e. The summed E-state index contributed by atoms with van der Waals surface area (Å²) >= 11 is 0. The molecule has 0 spiro atoms. The monoisotopic (exact) mass is 306 g/mol. The van der Waals surface area contributed by atoms with Crippen LogP contribution in [-0.2, 0) is 0 Å². The van der Waals surface area contributed by atoms with E-state index in [0.717, 1.165) is 28.1 Å². The van der Waals surface area contributed by atoms with E-state index in [-0.39, 0.29) is 5.75 Å². The molecule has 0 amide bonds. The number of phenolic OH excluding ortho intramolecular Hbond substituents is 1. The van der Waals surface area contributed by atoms with Gasteiger partial charge in [0.1, 0.15) is 5.75 Å². The van der Waals surface area contributed by atoms with Crippen molar-refractivity contribution in [2.24, 2.45) is 4.99 Å². The van der Waals surface area contributed by atoms with E-state index in [2.05, 4.69) is 9.98 Å². The van der Waals surface area contributed by atoms with E-state index in [1.807, 2.05) is 39.0 Å². The summed E-state index contributed by atoms with van der Waals surface area (Å²) < 4.78 is 5.85. The number of aliphatic imine (C=N–C) groups is 1. The van der Waals surface area contributed by atoms with Gasteiger partial charge >= 0.3 is 0 Å². The highest BCUT2D eigenvalue weighted by Crippen LogP contribution is 2.30. The highest BCUT2D eigenvalue weighted by Gasteiger charge is 2.10. The number of oxazole rings is 1. The first-order valence-electron chi connectivity index (χ1n) is 7.41. The van der Waals surface area contributed by atoms with E-state index in [1.54, 1.807) is 30.5 Å². The number of aryl methyl sites for hydroxylation is 1. The van der Waals surface area contributed by atoms with Crippen molar-refractivity contribution in [2.45, 2.75) is 20.8 Å². The minimum absolute atomic E-state index is 0.226. The molecule has 0 atom stereocenters. The molecule has 0 fully saturated rings. The van der Waals surface area contributed by atoms with Crippen LogP contribution in [0.4, 0.5) is 5.69 Å². The number of phenols is 1. The van der Waals surface area contributed by atoms with Gasteiger partial charge in [0.25, 0.3) is 0 Å². The maximum atomic E-state index is 9.36. The van der Waals surface area contributed by atoms with Gasteiger partial charge in [0, 0.05) is 16.8 Å². The van der Waals surface area contributed by atoms with Crippen molar-refractivity contribution < 1.29 is 9.52 Å². The van der Waals surface area contributed by atoms with Gasteiger partial charge in [-0.1, -0.05) is 6.07 Å². The van der Waals surface area contributed by atoms with Crippen LogP contribution in [0.3, 0.4) is 0 Å². The SMILES string of the molecule is CC(C)=Nc1cc(-c2ncc(-c3ccc(O)cc3)o2)ccc1C. The van der Waals surface area contributed by atoms with Gasteiger partial charge in [-0.25, -0.2) is 4.98 Å². The molecule has 1 N–H and O–H groups in total. The Labute approximate surface area is 135 Å². The van der Waals surface area contributed by atoms with Crippen LogP contribution >= 0.6 is 0 Å². The van der Waals surface area contributed by atoms with Crippen molar-refractivity contribution >= 4 is 11.4 Å². The van der Waals surface area contributed by atoms with Gasteiger partial charge < -0.3 is 9.52 Å². The van der Waals surface area contributed by atoms with Gasteiger partial charge in [-0.2, -0.15) is 0 Å². The summed E-state index contributed by atoms with van der Waals surface area (Å²) in [6.07, 6.45) is 1.69. The summed E-state index contributed by atoms with van der Waals surface area (Å²) in [5.74, 6) is 1.44. The van der Waals surface area contributed by atoms with E-state index < -0.39 is 0 Å². The third-order valence-electron chi connectivity index (χ3n) is 3.46. The van der Waals surface area contributed by atoms with E-state index in [0.29, 0.717) is 11.7 Å². The predicted octanol–water partition coefficient (Wildman–Crippen LogP) is 5.13. The summed E-state index contributed by atoms with van der Waals surface area (Å²) in [6.45, 7) is 5.98. The highest BCUT2D eigenvalue weighted by molar-refractivity contribution is 5.83. The molecule has 2 aromatic carbocycles. The van der Waals surface area contributed by atoms with Crippen molar-refractivity contribution in [3.63, 3.8) is 0 Å². The number of benzene rings is 2. The molecule has 3 aromatic rings. The number of rotatable bonds is 3. The maximum Gasteiger partial charge on any atom is 0.226 e. The van der Waals surface area contributed by atoms with Crippen molar-refractivity contribution in [2.75, 3.05) is 0 Å². The lowest BCUT2D eigenvalue weighted by molar-refractivity contribution is 0.475. The second kappa shape index (κ2) is 6.08. The average molecular weight is 306 g/mol. The molecule has 0 aliphatic carbocycles. The standard InChI is InChI=1S/C19H18N2O2/c1-12(2)21-17-10-15(5-4-13(17)3)19-20-11-18(23-19)14-6-8-16(22)9-7-14/h4-11,22H,1-3H3. The lowest BCUT2D eigenvalue weighted by Crippen LogP contribution is -1.83. The molecule has 4 heteroatoms. The number of nitrogens with zero attached hydrogens (tertiary/aromatic N) is 2. The predicted molar refractivity (Wildman–Crippen MR) is 92.2 cm³/mol. The molecule has 0 radical (unpaired) electrons. The van der Waals surface area contributed by atoms with Gasteiger partial charge in [0.2, 0.25) is 5.89 Å². The Morgan fingerprint density at radius 3 is 2.43 bits per heavy atom. The minimum Gasteiger partial charge on any atom is -0.508 e. The minimum atomic E-state index is 0.226. The molecule has 0 saturated carbocycles. The lowest BCUT2D eigenvalue weighted by atomic mass is 10.1. The van der Waals surface area contributed by atoms with Crippen LogP contribution in [0.5, 0.6) is 5.75 Å². The normalized spacial score (nSPS) is 10.6. The Hall–Kier alpha value is -2.88. The van der Waals surface area contributed by atoms with Gasteiger partial charge in [-0.3, -0.25) is 4.99 Å². The second-order valence-corrected chi connectivity index (χ2v) is 5.64. The van der Waals surface area contributed by atoms with Crippen molar-refractivity contribution in [1.82, 2.24) is 4.98 Å². The van der Waals surface area contributed by atoms with Crippen molar-refractivity contribution in [3.05, 3.63) is 54.2 Å². The van der Waals surface area contributed by atoms with Crippen LogP contribution in [0.1, 0.15) is 19.4 Å². The first-order chi connectivity index (χ1) is 11.0. The van der Waals surface area contributed by atoms with Crippen molar-refractivity contribution in [1.29, 1.82) is 0 Å². The van der Waals surface area contributed by atoms with E-state index >= 15 is 0 Å². The van der Waals surface area contributed by atoms with Crippen LogP contribution in [-0.4, -0.2) is 15.8 Å². The van der Waals surface area contributed by atoms with Crippen LogP contribution < -0.4 is 0 Å². The fourth-order valence-electron chi connectivity index (χ4n) is 2.27. The Morgan fingerprint density at radius 2 is 1.74 bits per heavy atom. The molecule has 1 aromatic heterocycles. The van der Waals surface area contributed by atoms with E-state index in [4.69, 9.17) is 4.42 Å². The second-order valence-electron chi connectivity index (χ2n) is 5.64. The molecule has 0 saturated heterocycles. The Balaban J connectivity index is 1.97. The zero-order valence-electron chi connectivity index (χ0n) is 13.4. The van der Waals surface area contributed by atoms with Crippen LogP contribution in [0, 0.1) is 6.92 Å². The van der Waals surface area contributed by atoms with Gasteiger partial charge in [-0.15, -0.1) is 0 Å². The molecule has 0 bridgehead atoms. The molecule has 3 rings (SSSR count). The summed E-state index contributed by atoms with van der Waals surface area (Å²) in [6, 6.07) is 12.8. The number of aromatic nitrogens is 1. The fourth-order valence-corrected chi connectivity index (χ4v) is 2.27. The first kappa shape index (κ1) is 15.0. The summed E-state index contributed by atoms with van der Waals surface area (Å²) in [7, 11) is 0. The van der Waals surface area contributed by atoms with Gasteiger partial charge in [0.05, 0.1) is 11.9 Å². The summed E-state index contributed by atoms with van der Waals surface area (Å²) in [5.41, 5.74) is 4.80. The number of aromatic hydroxyl groups is 1. The van der Waals surface area contributed by atoms with Crippen LogP contribution in [0.2, 0.25) is 0 Å². The molecule has 1 heterocycles. The molecule has 0 unspecified atom stereocenters. The third-order valence-corrected chi connectivity index (χ3v) is 3.46. The largest absolute Gasteiger partial charge is 0.508 e. The molecule has 0 aliphatic rings.